The van der Waals surface area contributed by atoms with E-state index < -0.39 is 0 Å². The highest BCUT2D eigenvalue weighted by Crippen LogP contribution is 2.28. The second-order valence-electron chi connectivity index (χ2n) is 5.29. The van der Waals surface area contributed by atoms with E-state index in [9.17, 15) is 5.26 Å². The van der Waals surface area contributed by atoms with Gasteiger partial charge in [-0.3, -0.25) is 0 Å². The van der Waals surface area contributed by atoms with Crippen LogP contribution >= 0.6 is 0 Å². The molecule has 2 heterocycles. The molecule has 0 spiro atoms. The van der Waals surface area contributed by atoms with E-state index in [0.717, 1.165) is 38.2 Å². The van der Waals surface area contributed by atoms with Crippen LogP contribution in [0, 0.1) is 11.3 Å². The molecule has 0 amide bonds. The molecule has 1 saturated heterocycles. The Hall–Kier alpha value is -2.32. The minimum absolute atomic E-state index is 0.374. The topological polar surface area (TPSA) is 56.3 Å². The maximum Gasteiger partial charge on any atom is 0.235 e. The van der Waals surface area contributed by atoms with E-state index in [-0.39, 0.29) is 0 Å². The van der Waals surface area contributed by atoms with Gasteiger partial charge >= 0.3 is 0 Å². The Morgan fingerprint density at radius 1 is 1.14 bits per heavy atom. The monoisotopic (exact) mass is 282 g/mol. The van der Waals surface area contributed by atoms with Crippen molar-refractivity contribution in [3.05, 3.63) is 36.0 Å². The number of aromatic nitrogens is 1. The summed E-state index contributed by atoms with van der Waals surface area (Å²) in [5.74, 6) is 1.12. The average Bonchev–Trinajstić information content (AvgIpc) is 2.84. The fourth-order valence-corrected chi connectivity index (χ4v) is 2.55. The summed E-state index contributed by atoms with van der Waals surface area (Å²) < 4.78 is 5.90. The van der Waals surface area contributed by atoms with Crippen LogP contribution in [0.2, 0.25) is 0 Å². The molecular weight excluding hydrogens is 264 g/mol. The van der Waals surface area contributed by atoms with Gasteiger partial charge in [0.2, 0.25) is 17.5 Å². The number of hydrogen-bond acceptors (Lipinski definition) is 5. The molecule has 0 bridgehead atoms. The van der Waals surface area contributed by atoms with Crippen LogP contribution in [0.5, 0.6) is 0 Å². The summed E-state index contributed by atoms with van der Waals surface area (Å²) in [4.78, 5) is 8.76. The van der Waals surface area contributed by atoms with Crippen LogP contribution in [0.15, 0.2) is 34.7 Å². The zero-order valence-corrected chi connectivity index (χ0v) is 12.1. The Morgan fingerprint density at radius 2 is 1.95 bits per heavy atom. The second-order valence-corrected chi connectivity index (χ2v) is 5.29. The van der Waals surface area contributed by atoms with Crippen LogP contribution in [0.3, 0.4) is 0 Å². The Bertz CT molecular complexity index is 644. The number of likely N-dealkylation sites (N-methyl/N-ethyl adjacent to an activating group) is 1. The van der Waals surface area contributed by atoms with Gasteiger partial charge in [-0.1, -0.05) is 18.2 Å². The Balaban J connectivity index is 1.92. The molecular formula is C16H18N4O. The molecule has 0 saturated carbocycles. The highest BCUT2D eigenvalue weighted by atomic mass is 16.4. The van der Waals surface area contributed by atoms with Gasteiger partial charge in [-0.25, -0.2) is 0 Å². The zero-order chi connectivity index (χ0) is 14.7. The summed E-state index contributed by atoms with van der Waals surface area (Å²) in [5.41, 5.74) is 1.27. The highest BCUT2D eigenvalue weighted by Gasteiger charge is 2.22. The SMILES string of the molecule is CN1CCCN(c2oc(-c3ccccc3)nc2C#N)CC1. The lowest BCUT2D eigenvalue weighted by atomic mass is 10.2. The van der Waals surface area contributed by atoms with Crippen molar-refractivity contribution in [3.63, 3.8) is 0 Å². The van der Waals surface area contributed by atoms with Gasteiger partial charge in [0.1, 0.15) is 6.07 Å². The van der Waals surface area contributed by atoms with Crippen LogP contribution < -0.4 is 4.90 Å². The van der Waals surface area contributed by atoms with Crippen LogP contribution in [0.4, 0.5) is 5.88 Å². The second kappa shape index (κ2) is 5.98. The number of nitriles is 1. The van der Waals surface area contributed by atoms with Crippen LogP contribution in [0.25, 0.3) is 11.5 Å². The summed E-state index contributed by atoms with van der Waals surface area (Å²) in [6, 6.07) is 11.9. The van der Waals surface area contributed by atoms with Crippen molar-refractivity contribution in [2.75, 3.05) is 38.1 Å². The van der Waals surface area contributed by atoms with Crippen molar-refractivity contribution >= 4 is 5.88 Å². The van der Waals surface area contributed by atoms with Gasteiger partial charge in [0.25, 0.3) is 0 Å². The lowest BCUT2D eigenvalue weighted by Crippen LogP contribution is -2.28. The molecule has 0 N–H and O–H groups in total. The molecule has 5 nitrogen and oxygen atoms in total. The van der Waals surface area contributed by atoms with Gasteiger partial charge in [-0.15, -0.1) is 0 Å². The van der Waals surface area contributed by atoms with Crippen molar-refractivity contribution in [2.24, 2.45) is 0 Å². The Morgan fingerprint density at radius 3 is 2.71 bits per heavy atom. The van der Waals surface area contributed by atoms with Gasteiger partial charge in [0, 0.05) is 25.2 Å². The van der Waals surface area contributed by atoms with Crippen LogP contribution in [-0.4, -0.2) is 43.1 Å². The molecule has 21 heavy (non-hydrogen) atoms. The maximum atomic E-state index is 9.32. The molecule has 0 unspecified atom stereocenters. The number of nitrogens with zero attached hydrogens (tertiary/aromatic N) is 4. The third-order valence-electron chi connectivity index (χ3n) is 3.74. The number of benzene rings is 1. The molecule has 5 heteroatoms. The Kier molecular flexibility index (Phi) is 3.89. The van der Waals surface area contributed by atoms with E-state index in [0.29, 0.717) is 17.5 Å². The average molecular weight is 282 g/mol. The molecule has 2 aromatic rings. The van der Waals surface area contributed by atoms with Crippen molar-refractivity contribution < 1.29 is 4.42 Å². The smallest absolute Gasteiger partial charge is 0.235 e. The third-order valence-corrected chi connectivity index (χ3v) is 3.74. The van der Waals surface area contributed by atoms with Crippen LogP contribution in [-0.2, 0) is 0 Å². The lowest BCUT2D eigenvalue weighted by molar-refractivity contribution is 0.359. The largest absolute Gasteiger partial charge is 0.419 e. The van der Waals surface area contributed by atoms with Gasteiger partial charge in [0.05, 0.1) is 0 Å². The molecule has 1 aromatic heterocycles. The van der Waals surface area contributed by atoms with Gasteiger partial charge in [-0.2, -0.15) is 10.2 Å². The van der Waals surface area contributed by atoms with Crippen molar-refractivity contribution in [1.82, 2.24) is 9.88 Å². The number of hydrogen-bond donors (Lipinski definition) is 0. The predicted molar refractivity (Wildman–Crippen MR) is 81.0 cm³/mol. The van der Waals surface area contributed by atoms with Crippen LogP contribution in [0.1, 0.15) is 12.1 Å². The highest BCUT2D eigenvalue weighted by molar-refractivity contribution is 5.59. The van der Waals surface area contributed by atoms with E-state index in [1.165, 1.54) is 0 Å². The first-order chi connectivity index (χ1) is 10.3. The van der Waals surface area contributed by atoms with E-state index >= 15 is 0 Å². The molecule has 3 rings (SSSR count). The molecule has 108 valence electrons. The quantitative estimate of drug-likeness (QED) is 0.846. The third kappa shape index (κ3) is 2.91. The fourth-order valence-electron chi connectivity index (χ4n) is 2.55. The summed E-state index contributed by atoms with van der Waals surface area (Å²) in [6.07, 6.45) is 1.06. The number of oxazole rings is 1. The summed E-state index contributed by atoms with van der Waals surface area (Å²) >= 11 is 0. The minimum atomic E-state index is 0.374. The molecule has 1 aromatic carbocycles. The molecule has 0 aliphatic carbocycles. The van der Waals surface area contributed by atoms with Crippen molar-refractivity contribution in [2.45, 2.75) is 6.42 Å². The van der Waals surface area contributed by atoms with E-state index in [4.69, 9.17) is 4.42 Å². The molecule has 1 aliphatic rings. The Labute approximate surface area is 124 Å². The van der Waals surface area contributed by atoms with E-state index in [1.807, 2.05) is 30.3 Å². The minimum Gasteiger partial charge on any atom is -0.419 e. The molecule has 0 atom stereocenters. The zero-order valence-electron chi connectivity index (χ0n) is 12.1. The number of anilines is 1. The maximum absolute atomic E-state index is 9.32. The molecule has 0 radical (unpaired) electrons. The van der Waals surface area contributed by atoms with Gasteiger partial charge < -0.3 is 14.2 Å². The summed E-state index contributed by atoms with van der Waals surface area (Å²) in [7, 11) is 2.12. The predicted octanol–water partition coefficient (Wildman–Crippen LogP) is 2.36. The van der Waals surface area contributed by atoms with Crippen molar-refractivity contribution in [3.8, 4) is 17.5 Å². The van der Waals surface area contributed by atoms with Gasteiger partial charge in [0.15, 0.2) is 0 Å². The molecule has 1 aliphatic heterocycles. The first kappa shape index (κ1) is 13.7. The first-order valence-electron chi connectivity index (χ1n) is 7.18. The normalized spacial score (nSPS) is 16.5. The fraction of sp³-hybridized carbons (Fsp3) is 0.375. The van der Waals surface area contributed by atoms with E-state index in [1.54, 1.807) is 0 Å². The van der Waals surface area contributed by atoms with E-state index in [2.05, 4.69) is 27.9 Å². The van der Waals surface area contributed by atoms with Crippen molar-refractivity contribution in [1.29, 1.82) is 5.26 Å². The summed E-state index contributed by atoms with van der Waals surface area (Å²) in [5, 5.41) is 9.32. The standard InChI is InChI=1S/C16H18N4O/c1-19-8-5-9-20(11-10-19)16-14(12-17)18-15(21-16)13-6-3-2-4-7-13/h2-4,6-7H,5,8-11H2,1H3. The first-order valence-corrected chi connectivity index (χ1v) is 7.18. The molecule has 1 fully saturated rings. The summed E-state index contributed by atoms with van der Waals surface area (Å²) in [6.45, 7) is 3.78. The number of rotatable bonds is 2. The van der Waals surface area contributed by atoms with Gasteiger partial charge in [-0.05, 0) is 32.1 Å². The lowest BCUT2D eigenvalue weighted by Gasteiger charge is -2.19.